The van der Waals surface area contributed by atoms with Crippen LogP contribution in [0.15, 0.2) is 48.5 Å². The molecule has 0 aromatic heterocycles. The Morgan fingerprint density at radius 2 is 0.919 bits per heavy atom. The van der Waals surface area contributed by atoms with E-state index in [1.54, 1.807) is 0 Å². The predicted octanol–water partition coefficient (Wildman–Crippen LogP) is 9.51. The Kier molecular flexibility index (Phi) is 7.87. The SMILES string of the molecule is Cc1ccc(C2=C(c3ccc(C)cc3)O[Si](O[Si](C)(C)C)(C(C(C)(C)C)([Si](C)(C)C)[Si](C)(C)C)O2)cc1. The van der Waals surface area contributed by atoms with Gasteiger partial charge in [-0.25, -0.2) is 0 Å². The quantitative estimate of drug-likeness (QED) is 0.310. The van der Waals surface area contributed by atoms with Crippen LogP contribution in [-0.4, -0.2) is 33.3 Å². The number of rotatable bonds is 7. The van der Waals surface area contributed by atoms with Gasteiger partial charge in [-0.1, -0.05) is 120 Å². The minimum Gasteiger partial charge on any atom is -0.488 e. The molecule has 0 bridgehead atoms. The summed E-state index contributed by atoms with van der Waals surface area (Å²) in [5, 5.41) is 0. The molecule has 0 saturated heterocycles. The van der Waals surface area contributed by atoms with Crippen molar-refractivity contribution in [1.82, 2.24) is 0 Å². The molecule has 37 heavy (non-hydrogen) atoms. The summed E-state index contributed by atoms with van der Waals surface area (Å²) in [4.78, 5) is 0. The summed E-state index contributed by atoms with van der Waals surface area (Å²) < 4.78 is 22.2. The van der Waals surface area contributed by atoms with Crippen molar-refractivity contribution in [2.24, 2.45) is 5.41 Å². The van der Waals surface area contributed by atoms with Gasteiger partial charge in [-0.2, -0.15) is 0 Å². The molecule has 0 unspecified atom stereocenters. The maximum Gasteiger partial charge on any atom is 0.623 e. The summed E-state index contributed by atoms with van der Waals surface area (Å²) in [5.41, 5.74) is 4.52. The number of hydrogen-bond donors (Lipinski definition) is 0. The zero-order valence-electron chi connectivity index (χ0n) is 25.8. The number of aryl methyl sites for hydroxylation is 2. The van der Waals surface area contributed by atoms with Crippen molar-refractivity contribution in [2.75, 3.05) is 0 Å². The van der Waals surface area contributed by atoms with Crippen LogP contribution in [0.4, 0.5) is 0 Å². The van der Waals surface area contributed by atoms with Gasteiger partial charge < -0.3 is 13.0 Å². The molecule has 3 rings (SSSR count). The summed E-state index contributed by atoms with van der Waals surface area (Å²) in [7, 11) is -9.41. The molecule has 2 aromatic rings. The molecule has 0 amide bonds. The van der Waals surface area contributed by atoms with Gasteiger partial charge in [0.2, 0.25) is 0 Å². The molecule has 2 aromatic carbocycles. The first-order valence-electron chi connectivity index (χ1n) is 13.6. The van der Waals surface area contributed by atoms with Gasteiger partial charge in [0.25, 0.3) is 0 Å². The maximum atomic E-state index is 7.47. The Hall–Kier alpha value is -1.39. The van der Waals surface area contributed by atoms with Crippen LogP contribution < -0.4 is 0 Å². The Balaban J connectivity index is 2.44. The number of benzene rings is 2. The first kappa shape index (κ1) is 30.2. The second-order valence-corrected chi connectivity index (χ2v) is 34.2. The van der Waals surface area contributed by atoms with Crippen LogP contribution in [0.2, 0.25) is 63.2 Å². The van der Waals surface area contributed by atoms with Crippen molar-refractivity contribution in [3.63, 3.8) is 0 Å². The zero-order valence-corrected chi connectivity index (χ0v) is 29.8. The Morgan fingerprint density at radius 1 is 0.595 bits per heavy atom. The van der Waals surface area contributed by atoms with Crippen molar-refractivity contribution in [3.05, 3.63) is 70.8 Å². The Labute approximate surface area is 231 Å². The van der Waals surface area contributed by atoms with Gasteiger partial charge in [-0.05, 0) is 38.9 Å². The van der Waals surface area contributed by atoms with Crippen molar-refractivity contribution in [2.45, 2.75) is 97.8 Å². The van der Waals surface area contributed by atoms with Gasteiger partial charge in [0.1, 0.15) is 0 Å². The van der Waals surface area contributed by atoms with Crippen LogP contribution in [-0.2, 0) is 13.0 Å². The predicted molar refractivity (Wildman–Crippen MR) is 170 cm³/mol. The molecular weight excluding hydrogens is 521 g/mol. The van der Waals surface area contributed by atoms with Crippen LogP contribution in [0.25, 0.3) is 11.5 Å². The lowest BCUT2D eigenvalue weighted by atomic mass is 9.99. The maximum absolute atomic E-state index is 7.47. The monoisotopic (exact) mass is 570 g/mol. The van der Waals surface area contributed by atoms with Gasteiger partial charge in [0.15, 0.2) is 19.8 Å². The average Bonchev–Trinajstić information content (AvgIpc) is 3.04. The molecule has 0 saturated carbocycles. The topological polar surface area (TPSA) is 27.7 Å². The molecule has 7 heteroatoms. The van der Waals surface area contributed by atoms with Crippen LogP contribution >= 0.6 is 0 Å². The first-order chi connectivity index (χ1) is 16.7. The normalized spacial score (nSPS) is 17.0. The average molecular weight is 571 g/mol. The van der Waals surface area contributed by atoms with E-state index >= 15 is 0 Å². The van der Waals surface area contributed by atoms with Crippen molar-refractivity contribution >= 4 is 44.8 Å². The summed E-state index contributed by atoms with van der Waals surface area (Å²) in [6.07, 6.45) is 0. The smallest absolute Gasteiger partial charge is 0.488 e. The van der Waals surface area contributed by atoms with Crippen molar-refractivity contribution < 1.29 is 13.0 Å². The highest BCUT2D eigenvalue weighted by molar-refractivity contribution is 7.13. The lowest BCUT2D eigenvalue weighted by Crippen LogP contribution is -2.77. The second kappa shape index (κ2) is 9.66. The van der Waals surface area contributed by atoms with Gasteiger partial charge in [0.05, 0.1) is 20.4 Å². The molecule has 0 N–H and O–H groups in total. The molecule has 0 spiro atoms. The largest absolute Gasteiger partial charge is 0.623 e. The fraction of sp³-hybridized carbons (Fsp3) is 0.533. The third-order valence-electron chi connectivity index (χ3n) is 7.58. The lowest BCUT2D eigenvalue weighted by Gasteiger charge is -2.62. The Bertz CT molecular complexity index is 1050. The van der Waals surface area contributed by atoms with E-state index in [9.17, 15) is 0 Å². The van der Waals surface area contributed by atoms with E-state index < -0.39 is 33.3 Å². The summed E-state index contributed by atoms with van der Waals surface area (Å²) in [6, 6.07) is 17.3. The van der Waals surface area contributed by atoms with Crippen molar-refractivity contribution in [1.29, 1.82) is 0 Å². The van der Waals surface area contributed by atoms with Gasteiger partial charge in [-0.15, -0.1) is 0 Å². The fourth-order valence-electron chi connectivity index (χ4n) is 7.60. The molecule has 204 valence electrons. The van der Waals surface area contributed by atoms with E-state index in [4.69, 9.17) is 13.0 Å². The third-order valence-corrected chi connectivity index (χ3v) is 30.6. The second-order valence-electron chi connectivity index (χ2n) is 14.9. The summed E-state index contributed by atoms with van der Waals surface area (Å²) in [5.74, 6) is 1.69. The molecule has 0 atom stereocenters. The minimum absolute atomic E-state index is 0.0606. The highest BCUT2D eigenvalue weighted by Crippen LogP contribution is 2.68. The minimum atomic E-state index is -3.36. The summed E-state index contributed by atoms with van der Waals surface area (Å²) >= 11 is 0. The van der Waals surface area contributed by atoms with E-state index in [1.165, 1.54) is 11.1 Å². The van der Waals surface area contributed by atoms with Crippen LogP contribution in [0.1, 0.15) is 43.0 Å². The molecular formula is C30H50O3Si4. The standard InChI is InChI=1S/C30H50O3Si4/c1-23-15-19-25(20-16-23)27-28(26-21-17-24(2)18-22-26)32-37(31-27,33-36(12,13)14)30(29(3,4)5,34(6,7)8)35(9,10)11/h15-22H,1-14H3. The van der Waals surface area contributed by atoms with E-state index in [1.807, 2.05) is 0 Å². The van der Waals surface area contributed by atoms with Gasteiger partial charge in [-0.3, -0.25) is 0 Å². The molecule has 1 heterocycles. The van der Waals surface area contributed by atoms with Gasteiger partial charge in [0, 0.05) is 11.1 Å². The van der Waals surface area contributed by atoms with Crippen molar-refractivity contribution in [3.8, 4) is 0 Å². The van der Waals surface area contributed by atoms with Crippen LogP contribution in [0.5, 0.6) is 0 Å². The highest BCUT2D eigenvalue weighted by atomic mass is 28.5. The molecule has 1 aliphatic rings. The molecule has 0 fully saturated rings. The third kappa shape index (κ3) is 5.39. The molecule has 0 aliphatic carbocycles. The lowest BCUT2D eigenvalue weighted by molar-refractivity contribution is 0.199. The molecule has 1 aliphatic heterocycles. The van der Waals surface area contributed by atoms with E-state index in [2.05, 4.69) is 142 Å². The summed E-state index contributed by atoms with van der Waals surface area (Å²) in [6.45, 7) is 33.4. The fourth-order valence-corrected chi connectivity index (χ4v) is 36.4. The molecule has 0 radical (unpaired) electrons. The van der Waals surface area contributed by atoms with E-state index in [0.29, 0.717) is 0 Å². The van der Waals surface area contributed by atoms with Crippen LogP contribution in [0.3, 0.4) is 0 Å². The number of hydrogen-bond acceptors (Lipinski definition) is 3. The zero-order chi connectivity index (χ0) is 28.2. The first-order valence-corrected chi connectivity index (χ1v) is 25.8. The van der Waals surface area contributed by atoms with Crippen LogP contribution in [0, 0.1) is 19.3 Å². The van der Waals surface area contributed by atoms with Gasteiger partial charge >= 0.3 is 8.80 Å². The molecule has 3 nitrogen and oxygen atoms in total. The Morgan fingerprint density at radius 3 is 1.16 bits per heavy atom. The van der Waals surface area contributed by atoms with E-state index in [0.717, 1.165) is 22.6 Å². The van der Waals surface area contributed by atoms with E-state index in [-0.39, 0.29) is 9.70 Å². The highest BCUT2D eigenvalue weighted by Gasteiger charge is 2.81.